The van der Waals surface area contributed by atoms with Gasteiger partial charge in [0.15, 0.2) is 0 Å². The molecule has 0 saturated heterocycles. The van der Waals surface area contributed by atoms with Crippen molar-refractivity contribution >= 4 is 5.91 Å². The third kappa shape index (κ3) is 3.53. The van der Waals surface area contributed by atoms with Gasteiger partial charge in [-0.2, -0.15) is 0 Å². The molecule has 1 saturated carbocycles. The van der Waals surface area contributed by atoms with Crippen LogP contribution in [0.4, 0.5) is 0 Å². The van der Waals surface area contributed by atoms with Gasteiger partial charge in [-0.15, -0.1) is 0 Å². The lowest BCUT2D eigenvalue weighted by atomic mass is 10.1. The number of rotatable bonds is 6. The molecule has 1 amide bonds. The second-order valence-electron chi connectivity index (χ2n) is 6.11. The first kappa shape index (κ1) is 16.4. The molecule has 1 aliphatic carbocycles. The van der Waals surface area contributed by atoms with Gasteiger partial charge < -0.3 is 14.8 Å². The molecule has 126 valence electrons. The fourth-order valence-electron chi connectivity index (χ4n) is 2.94. The summed E-state index contributed by atoms with van der Waals surface area (Å²) in [6.07, 6.45) is 0.963. The van der Waals surface area contributed by atoms with Crippen LogP contribution in [0.3, 0.4) is 0 Å². The third-order valence-electron chi connectivity index (χ3n) is 4.37. The van der Waals surface area contributed by atoms with Gasteiger partial charge in [-0.05, 0) is 55.7 Å². The Labute approximate surface area is 142 Å². The van der Waals surface area contributed by atoms with Crippen LogP contribution in [0.5, 0.6) is 11.5 Å². The smallest absolute Gasteiger partial charge is 0.251 e. The van der Waals surface area contributed by atoms with Gasteiger partial charge in [-0.25, -0.2) is 0 Å². The summed E-state index contributed by atoms with van der Waals surface area (Å²) in [4.78, 5) is 12.4. The highest BCUT2D eigenvalue weighted by molar-refractivity contribution is 5.95. The predicted molar refractivity (Wildman–Crippen MR) is 94.0 cm³/mol. The molecule has 24 heavy (non-hydrogen) atoms. The van der Waals surface area contributed by atoms with Crippen LogP contribution in [0, 0.1) is 6.92 Å². The quantitative estimate of drug-likeness (QED) is 0.881. The highest BCUT2D eigenvalue weighted by Gasteiger charge is 2.39. The van der Waals surface area contributed by atoms with Crippen molar-refractivity contribution in [1.29, 1.82) is 0 Å². The molecule has 0 bridgehead atoms. The molecule has 2 atom stereocenters. The zero-order valence-corrected chi connectivity index (χ0v) is 14.3. The zero-order chi connectivity index (χ0) is 17.1. The van der Waals surface area contributed by atoms with E-state index in [4.69, 9.17) is 9.47 Å². The Morgan fingerprint density at radius 3 is 2.83 bits per heavy atom. The fraction of sp³-hybridized carbons (Fsp3) is 0.350. The van der Waals surface area contributed by atoms with E-state index in [0.29, 0.717) is 18.1 Å². The van der Waals surface area contributed by atoms with Crippen LogP contribution in [-0.2, 0) is 0 Å². The summed E-state index contributed by atoms with van der Waals surface area (Å²) in [5, 5.41) is 3.11. The van der Waals surface area contributed by atoms with Crippen molar-refractivity contribution < 1.29 is 14.3 Å². The van der Waals surface area contributed by atoms with Crippen LogP contribution < -0.4 is 14.8 Å². The van der Waals surface area contributed by atoms with E-state index in [1.807, 2.05) is 38.1 Å². The molecule has 3 rings (SSSR count). The summed E-state index contributed by atoms with van der Waals surface area (Å²) in [5.74, 6) is 1.93. The van der Waals surface area contributed by atoms with Crippen molar-refractivity contribution in [2.45, 2.75) is 32.2 Å². The molecule has 1 N–H and O–H groups in total. The minimum Gasteiger partial charge on any atom is -0.496 e. The third-order valence-corrected chi connectivity index (χ3v) is 4.37. The predicted octanol–water partition coefficient (Wildman–Crippen LogP) is 3.69. The van der Waals surface area contributed by atoms with Crippen LogP contribution >= 0.6 is 0 Å². The zero-order valence-electron chi connectivity index (χ0n) is 14.3. The monoisotopic (exact) mass is 325 g/mol. The highest BCUT2D eigenvalue weighted by Crippen LogP contribution is 2.42. The molecular weight excluding hydrogens is 302 g/mol. The van der Waals surface area contributed by atoms with Crippen molar-refractivity contribution in [3.05, 3.63) is 59.2 Å². The summed E-state index contributed by atoms with van der Waals surface area (Å²) in [6, 6.07) is 13.8. The molecule has 0 aromatic heterocycles. The number of benzene rings is 2. The molecule has 4 nitrogen and oxygen atoms in total. The number of ether oxygens (including phenoxy) is 2. The maximum absolute atomic E-state index is 12.4. The van der Waals surface area contributed by atoms with Crippen molar-refractivity contribution in [1.82, 2.24) is 5.32 Å². The van der Waals surface area contributed by atoms with E-state index in [1.54, 1.807) is 13.2 Å². The Morgan fingerprint density at radius 1 is 1.25 bits per heavy atom. The number of nitrogens with one attached hydrogen (secondary N) is 1. The fourth-order valence-corrected chi connectivity index (χ4v) is 2.94. The summed E-state index contributed by atoms with van der Waals surface area (Å²) < 4.78 is 10.8. The van der Waals surface area contributed by atoms with Gasteiger partial charge in [0.2, 0.25) is 0 Å². The molecule has 0 heterocycles. The average Bonchev–Trinajstić information content (AvgIpc) is 3.35. The summed E-state index contributed by atoms with van der Waals surface area (Å²) in [7, 11) is 1.62. The minimum atomic E-state index is -0.0539. The van der Waals surface area contributed by atoms with Crippen LogP contribution in [0.15, 0.2) is 42.5 Å². The Morgan fingerprint density at radius 2 is 2.08 bits per heavy atom. The van der Waals surface area contributed by atoms with Gasteiger partial charge >= 0.3 is 0 Å². The largest absolute Gasteiger partial charge is 0.496 e. The molecule has 1 aliphatic rings. The standard InChI is InChI=1S/C20H23NO3/c1-4-24-16-7-5-6-14(10-16)17-12-18(17)21-20(22)15-9-8-13(2)19(11-15)23-3/h5-11,17-18H,4,12H2,1-3H3,(H,21,22)/t17-,18+/m1/s1. The van der Waals surface area contributed by atoms with E-state index < -0.39 is 0 Å². The van der Waals surface area contributed by atoms with Crippen molar-refractivity contribution in [3.8, 4) is 11.5 Å². The lowest BCUT2D eigenvalue weighted by molar-refractivity contribution is 0.0950. The number of amides is 1. The van der Waals surface area contributed by atoms with E-state index in [2.05, 4.69) is 17.4 Å². The van der Waals surface area contributed by atoms with Gasteiger partial charge in [0.25, 0.3) is 5.91 Å². The Balaban J connectivity index is 1.64. The van der Waals surface area contributed by atoms with E-state index >= 15 is 0 Å². The molecular formula is C20H23NO3. The van der Waals surface area contributed by atoms with E-state index in [0.717, 1.165) is 23.5 Å². The SMILES string of the molecule is CCOc1cccc([C@H]2C[C@@H]2NC(=O)c2ccc(C)c(OC)c2)c1. The first-order chi connectivity index (χ1) is 11.6. The second-order valence-corrected chi connectivity index (χ2v) is 6.11. The van der Waals surface area contributed by atoms with Gasteiger partial charge in [-0.1, -0.05) is 18.2 Å². The van der Waals surface area contributed by atoms with Gasteiger partial charge in [0, 0.05) is 17.5 Å². The Bertz CT molecular complexity index is 741. The van der Waals surface area contributed by atoms with E-state index in [1.165, 1.54) is 5.56 Å². The number of hydrogen-bond donors (Lipinski definition) is 1. The molecule has 0 radical (unpaired) electrons. The van der Waals surface area contributed by atoms with Crippen molar-refractivity contribution in [2.24, 2.45) is 0 Å². The molecule has 1 fully saturated rings. The Hall–Kier alpha value is -2.49. The molecule has 2 aromatic carbocycles. The van der Waals surface area contributed by atoms with Crippen LogP contribution in [-0.4, -0.2) is 25.7 Å². The number of aryl methyl sites for hydroxylation is 1. The molecule has 2 aromatic rings. The first-order valence-electron chi connectivity index (χ1n) is 8.30. The highest BCUT2D eigenvalue weighted by atomic mass is 16.5. The van der Waals surface area contributed by atoms with Crippen LogP contribution in [0.25, 0.3) is 0 Å². The van der Waals surface area contributed by atoms with Gasteiger partial charge in [0.05, 0.1) is 13.7 Å². The number of methoxy groups -OCH3 is 1. The lowest BCUT2D eigenvalue weighted by Gasteiger charge is -2.09. The summed E-state index contributed by atoms with van der Waals surface area (Å²) >= 11 is 0. The van der Waals surface area contributed by atoms with Crippen molar-refractivity contribution in [2.75, 3.05) is 13.7 Å². The van der Waals surface area contributed by atoms with Crippen molar-refractivity contribution in [3.63, 3.8) is 0 Å². The van der Waals surface area contributed by atoms with Crippen LogP contribution in [0.1, 0.15) is 40.7 Å². The minimum absolute atomic E-state index is 0.0539. The topological polar surface area (TPSA) is 47.6 Å². The number of carbonyl (C=O) groups excluding carboxylic acids is 1. The molecule has 0 aliphatic heterocycles. The number of hydrogen-bond acceptors (Lipinski definition) is 3. The van der Waals surface area contributed by atoms with E-state index in [-0.39, 0.29) is 11.9 Å². The first-order valence-corrected chi connectivity index (χ1v) is 8.30. The average molecular weight is 325 g/mol. The van der Waals surface area contributed by atoms with Gasteiger partial charge in [-0.3, -0.25) is 4.79 Å². The maximum atomic E-state index is 12.4. The lowest BCUT2D eigenvalue weighted by Crippen LogP contribution is -2.26. The van der Waals surface area contributed by atoms with Gasteiger partial charge in [0.1, 0.15) is 11.5 Å². The molecule has 0 unspecified atom stereocenters. The molecule has 0 spiro atoms. The summed E-state index contributed by atoms with van der Waals surface area (Å²) in [5.41, 5.74) is 2.87. The Kier molecular flexibility index (Phi) is 4.74. The molecule has 4 heteroatoms. The maximum Gasteiger partial charge on any atom is 0.251 e. The normalized spacial score (nSPS) is 18.8. The second kappa shape index (κ2) is 6.95. The summed E-state index contributed by atoms with van der Waals surface area (Å²) in [6.45, 7) is 4.59. The van der Waals surface area contributed by atoms with E-state index in [9.17, 15) is 4.79 Å². The number of carbonyl (C=O) groups is 1. The van der Waals surface area contributed by atoms with Crippen LogP contribution in [0.2, 0.25) is 0 Å².